The number of nitrogens with two attached hydrogens (primary N) is 1. The van der Waals surface area contributed by atoms with Crippen LogP contribution in [-0.4, -0.2) is 26.6 Å². The van der Waals surface area contributed by atoms with Crippen LogP contribution in [0.4, 0.5) is 17.3 Å². The monoisotopic (exact) mass is 332 g/mol. The lowest BCUT2D eigenvalue weighted by Gasteiger charge is -2.17. The Morgan fingerprint density at radius 1 is 1.35 bits per heavy atom. The Labute approximate surface area is 135 Å². The number of nitrogens with one attached hydrogen (secondary N) is 2. The Kier molecular flexibility index (Phi) is 4.08. The van der Waals surface area contributed by atoms with E-state index < -0.39 is 9.73 Å². The van der Waals surface area contributed by atoms with Gasteiger partial charge in [0, 0.05) is 12.3 Å². The summed E-state index contributed by atoms with van der Waals surface area (Å²) in [6.07, 6.45) is 0.634. The van der Waals surface area contributed by atoms with E-state index in [4.69, 9.17) is 10.5 Å². The fourth-order valence-corrected chi connectivity index (χ4v) is 3.79. The number of hydrogen-bond donors (Lipinski definition) is 3. The van der Waals surface area contributed by atoms with Crippen LogP contribution in [0.25, 0.3) is 0 Å². The summed E-state index contributed by atoms with van der Waals surface area (Å²) in [5.74, 6) is 1.10. The molecule has 3 rings (SSSR count). The molecule has 7 nitrogen and oxygen atoms in total. The van der Waals surface area contributed by atoms with Crippen molar-refractivity contribution >= 4 is 27.1 Å². The molecule has 23 heavy (non-hydrogen) atoms. The molecule has 1 aliphatic rings. The molecule has 1 aromatic heterocycles. The van der Waals surface area contributed by atoms with Crippen molar-refractivity contribution in [3.05, 3.63) is 35.9 Å². The van der Waals surface area contributed by atoms with Crippen LogP contribution in [0.5, 0.6) is 0 Å². The van der Waals surface area contributed by atoms with Gasteiger partial charge in [0.2, 0.25) is 5.16 Å². The van der Waals surface area contributed by atoms with Crippen LogP contribution in [0, 0.1) is 4.78 Å². The van der Waals surface area contributed by atoms with Crippen molar-refractivity contribution in [1.29, 1.82) is 4.78 Å². The molecule has 0 radical (unpaired) electrons. The fourth-order valence-electron chi connectivity index (χ4n) is 2.55. The molecule has 0 aliphatic carbocycles. The number of benzene rings is 1. The third-order valence-electron chi connectivity index (χ3n) is 3.65. The highest BCUT2D eigenvalue weighted by Crippen LogP contribution is 2.35. The molecule has 8 heteroatoms. The summed E-state index contributed by atoms with van der Waals surface area (Å²) in [5, 5.41) is 3.20. The molecule has 122 valence electrons. The first-order valence-electron chi connectivity index (χ1n) is 7.48. The highest BCUT2D eigenvalue weighted by atomic mass is 32.2. The van der Waals surface area contributed by atoms with Crippen molar-refractivity contribution < 1.29 is 4.21 Å². The molecule has 1 unspecified atom stereocenters. The first-order chi connectivity index (χ1) is 11.0. The minimum atomic E-state index is -3.01. The minimum Gasteiger partial charge on any atom is -0.382 e. The van der Waals surface area contributed by atoms with E-state index in [0.717, 1.165) is 5.56 Å². The maximum absolute atomic E-state index is 12.5. The van der Waals surface area contributed by atoms with Gasteiger partial charge in [0.05, 0.1) is 6.67 Å². The molecule has 2 heterocycles. The third kappa shape index (κ3) is 3.07. The highest BCUT2D eigenvalue weighted by molar-refractivity contribution is 7.92. The average molecular weight is 332 g/mol. The van der Waals surface area contributed by atoms with E-state index in [1.807, 2.05) is 42.2 Å². The average Bonchev–Trinajstić information content (AvgIpc) is 2.92. The normalized spacial score (nSPS) is 15.8. The van der Waals surface area contributed by atoms with E-state index >= 15 is 0 Å². The van der Waals surface area contributed by atoms with Gasteiger partial charge in [-0.2, -0.15) is 4.98 Å². The van der Waals surface area contributed by atoms with Crippen LogP contribution in [0.2, 0.25) is 0 Å². The summed E-state index contributed by atoms with van der Waals surface area (Å²) in [5.41, 5.74) is 7.76. The predicted octanol–water partition coefficient (Wildman–Crippen LogP) is 2.26. The molecule has 1 atom stereocenters. The molecule has 0 fully saturated rings. The van der Waals surface area contributed by atoms with Crippen LogP contribution in [0.15, 0.2) is 35.5 Å². The SMILES string of the molecule is CCCS(=N)(=O)c1nc(N)c2c(n1)N(Cc1ccccc1)CN2. The Hall–Kier alpha value is -2.35. The standard InChI is InChI=1S/C15H20N6OS/c1-2-8-23(17,22)15-19-13(16)12-14(20-15)21(10-18-12)9-11-6-4-3-5-7-11/h3-7,17-18H,2,8-10H2,1H3,(H2,16,19,20). The Morgan fingerprint density at radius 2 is 2.09 bits per heavy atom. The van der Waals surface area contributed by atoms with Crippen molar-refractivity contribution in [2.24, 2.45) is 0 Å². The van der Waals surface area contributed by atoms with Gasteiger partial charge in [-0.05, 0) is 12.0 Å². The summed E-state index contributed by atoms with van der Waals surface area (Å²) in [7, 11) is -3.01. The van der Waals surface area contributed by atoms with Crippen molar-refractivity contribution in [2.45, 2.75) is 25.0 Å². The molecule has 0 bridgehead atoms. The summed E-state index contributed by atoms with van der Waals surface area (Å²) in [4.78, 5) is 10.5. The van der Waals surface area contributed by atoms with Gasteiger partial charge in [0.15, 0.2) is 11.6 Å². The number of nitrogen functional groups attached to an aromatic ring is 1. The molecule has 1 aromatic carbocycles. The van der Waals surface area contributed by atoms with Gasteiger partial charge in [-0.1, -0.05) is 37.3 Å². The molecule has 4 N–H and O–H groups in total. The molecule has 1 aliphatic heterocycles. The molecule has 0 saturated heterocycles. The number of hydrogen-bond acceptors (Lipinski definition) is 7. The molecule has 0 amide bonds. The Bertz CT molecular complexity index is 806. The smallest absolute Gasteiger partial charge is 0.231 e. The fraction of sp³-hybridized carbons (Fsp3) is 0.333. The number of fused-ring (bicyclic) bond motifs is 1. The molecule has 0 saturated carbocycles. The lowest BCUT2D eigenvalue weighted by molar-refractivity contribution is 0.664. The van der Waals surface area contributed by atoms with E-state index in [1.165, 1.54) is 0 Å². The summed E-state index contributed by atoms with van der Waals surface area (Å²) in [6, 6.07) is 10.0. The van der Waals surface area contributed by atoms with Gasteiger partial charge in [0.25, 0.3) is 0 Å². The van der Waals surface area contributed by atoms with E-state index in [2.05, 4.69) is 15.3 Å². The van der Waals surface area contributed by atoms with Crippen molar-refractivity contribution in [3.63, 3.8) is 0 Å². The number of rotatable bonds is 5. The van der Waals surface area contributed by atoms with E-state index in [0.29, 0.717) is 31.1 Å². The van der Waals surface area contributed by atoms with Crippen LogP contribution >= 0.6 is 0 Å². The van der Waals surface area contributed by atoms with E-state index in [1.54, 1.807) is 0 Å². The van der Waals surface area contributed by atoms with Crippen molar-refractivity contribution in [2.75, 3.05) is 28.4 Å². The Morgan fingerprint density at radius 3 is 2.78 bits per heavy atom. The van der Waals surface area contributed by atoms with Gasteiger partial charge in [-0.15, -0.1) is 0 Å². The van der Waals surface area contributed by atoms with E-state index in [-0.39, 0.29) is 16.7 Å². The second-order valence-electron chi connectivity index (χ2n) is 5.49. The van der Waals surface area contributed by atoms with Gasteiger partial charge in [0.1, 0.15) is 15.4 Å². The lowest BCUT2D eigenvalue weighted by atomic mass is 10.2. The maximum atomic E-state index is 12.5. The van der Waals surface area contributed by atoms with Gasteiger partial charge in [-0.3, -0.25) is 0 Å². The van der Waals surface area contributed by atoms with Crippen LogP contribution < -0.4 is 16.0 Å². The number of aromatic nitrogens is 2. The molecule has 2 aromatic rings. The second kappa shape index (κ2) is 6.04. The van der Waals surface area contributed by atoms with Gasteiger partial charge >= 0.3 is 0 Å². The van der Waals surface area contributed by atoms with Gasteiger partial charge < -0.3 is 16.0 Å². The zero-order valence-corrected chi connectivity index (χ0v) is 13.8. The quantitative estimate of drug-likeness (QED) is 0.725. The molecular weight excluding hydrogens is 312 g/mol. The summed E-state index contributed by atoms with van der Waals surface area (Å²) < 4.78 is 20.5. The largest absolute Gasteiger partial charge is 0.382 e. The first kappa shape index (κ1) is 15.5. The van der Waals surface area contributed by atoms with Crippen LogP contribution in [-0.2, 0) is 16.3 Å². The first-order valence-corrected chi connectivity index (χ1v) is 9.20. The predicted molar refractivity (Wildman–Crippen MR) is 91.8 cm³/mol. The topological polar surface area (TPSA) is 108 Å². The summed E-state index contributed by atoms with van der Waals surface area (Å²) >= 11 is 0. The van der Waals surface area contributed by atoms with Crippen molar-refractivity contribution in [3.8, 4) is 0 Å². The van der Waals surface area contributed by atoms with E-state index in [9.17, 15) is 4.21 Å². The number of anilines is 3. The van der Waals surface area contributed by atoms with Gasteiger partial charge in [-0.25, -0.2) is 14.0 Å². The van der Waals surface area contributed by atoms with Crippen LogP contribution in [0.1, 0.15) is 18.9 Å². The van der Waals surface area contributed by atoms with Crippen LogP contribution in [0.3, 0.4) is 0 Å². The minimum absolute atomic E-state index is 0.0253. The Balaban J connectivity index is 1.96. The molecular formula is C15H20N6OS. The molecule has 0 spiro atoms. The maximum Gasteiger partial charge on any atom is 0.231 e. The van der Waals surface area contributed by atoms with Crippen molar-refractivity contribution in [1.82, 2.24) is 9.97 Å². The zero-order chi connectivity index (χ0) is 16.4. The lowest BCUT2D eigenvalue weighted by Crippen LogP contribution is -2.23. The summed E-state index contributed by atoms with van der Waals surface area (Å²) in [6.45, 7) is 3.09. The number of nitrogens with zero attached hydrogens (tertiary/aromatic N) is 3. The highest BCUT2D eigenvalue weighted by Gasteiger charge is 2.26. The third-order valence-corrected chi connectivity index (χ3v) is 5.40. The second-order valence-corrected chi connectivity index (χ2v) is 7.61. The zero-order valence-electron chi connectivity index (χ0n) is 13.0.